The number of aliphatic carboxylic acids is 1. The molecule has 0 bridgehead atoms. The largest absolute Gasteiger partial charge is 0.481 e. The number of rotatable bonds is 6. The monoisotopic (exact) mass is 406 g/mol. The Morgan fingerprint density at radius 1 is 1.17 bits per heavy atom. The van der Waals surface area contributed by atoms with Gasteiger partial charge in [-0.25, -0.2) is 14.6 Å². The van der Waals surface area contributed by atoms with Gasteiger partial charge < -0.3 is 20.2 Å². The first-order valence-electron chi connectivity index (χ1n) is 10.6. The molecule has 0 aromatic carbocycles. The number of carbonyl (C=O) groups excluding carboxylic acids is 3. The molecular formula is C20H30N4O5. The van der Waals surface area contributed by atoms with Gasteiger partial charge in [0.1, 0.15) is 0 Å². The number of isocyanates is 1. The molecule has 1 saturated carbocycles. The quantitative estimate of drug-likeness (QED) is 0.508. The SMILES string of the molecule is O=C=NCC1CCCC(CNC(=O)N2CCC(N3CC(C(=O)O)CC3=O)CC2)C1. The van der Waals surface area contributed by atoms with Gasteiger partial charge in [0.25, 0.3) is 0 Å². The van der Waals surface area contributed by atoms with E-state index in [2.05, 4.69) is 10.3 Å². The van der Waals surface area contributed by atoms with Gasteiger partial charge in [-0.2, -0.15) is 0 Å². The lowest BCUT2D eigenvalue weighted by Gasteiger charge is -2.37. The van der Waals surface area contributed by atoms with Gasteiger partial charge in [0.05, 0.1) is 12.5 Å². The fourth-order valence-electron chi connectivity index (χ4n) is 4.89. The zero-order valence-corrected chi connectivity index (χ0v) is 16.7. The Labute approximate surface area is 170 Å². The van der Waals surface area contributed by atoms with Crippen LogP contribution in [0, 0.1) is 17.8 Å². The topological polar surface area (TPSA) is 119 Å². The van der Waals surface area contributed by atoms with E-state index < -0.39 is 11.9 Å². The maximum atomic E-state index is 12.5. The molecule has 1 aliphatic carbocycles. The van der Waals surface area contributed by atoms with Crippen LogP contribution in [-0.2, 0) is 14.4 Å². The molecule has 3 amide bonds. The van der Waals surface area contributed by atoms with Crippen LogP contribution >= 0.6 is 0 Å². The molecule has 29 heavy (non-hydrogen) atoms. The van der Waals surface area contributed by atoms with E-state index >= 15 is 0 Å². The minimum absolute atomic E-state index is 0.0216. The van der Waals surface area contributed by atoms with Gasteiger partial charge >= 0.3 is 12.0 Å². The molecule has 0 radical (unpaired) electrons. The van der Waals surface area contributed by atoms with Crippen LogP contribution in [0.4, 0.5) is 4.79 Å². The van der Waals surface area contributed by atoms with Crippen molar-refractivity contribution in [3.8, 4) is 0 Å². The van der Waals surface area contributed by atoms with E-state index in [0.717, 1.165) is 25.7 Å². The second-order valence-corrected chi connectivity index (χ2v) is 8.52. The average Bonchev–Trinajstić information content (AvgIpc) is 3.13. The summed E-state index contributed by atoms with van der Waals surface area (Å²) in [7, 11) is 0. The molecule has 0 aromatic rings. The van der Waals surface area contributed by atoms with E-state index in [9.17, 15) is 19.2 Å². The van der Waals surface area contributed by atoms with Crippen LogP contribution < -0.4 is 5.32 Å². The fraction of sp³-hybridized carbons (Fsp3) is 0.800. The molecule has 0 aromatic heterocycles. The third-order valence-corrected chi connectivity index (χ3v) is 6.55. The lowest BCUT2D eigenvalue weighted by molar-refractivity contribution is -0.141. The predicted octanol–water partition coefficient (Wildman–Crippen LogP) is 1.24. The summed E-state index contributed by atoms with van der Waals surface area (Å²) in [6.07, 6.45) is 7.25. The Balaban J connectivity index is 1.39. The van der Waals surface area contributed by atoms with E-state index in [1.54, 1.807) is 15.9 Å². The van der Waals surface area contributed by atoms with Gasteiger partial charge in [0, 0.05) is 38.6 Å². The lowest BCUT2D eigenvalue weighted by atomic mass is 9.81. The van der Waals surface area contributed by atoms with Crippen molar-refractivity contribution in [2.45, 2.75) is 51.0 Å². The average molecular weight is 406 g/mol. The molecule has 3 atom stereocenters. The summed E-state index contributed by atoms with van der Waals surface area (Å²) in [5.41, 5.74) is 0. The number of likely N-dealkylation sites (tertiary alicyclic amines) is 2. The van der Waals surface area contributed by atoms with Crippen LogP contribution in [0.15, 0.2) is 4.99 Å². The molecule has 9 nitrogen and oxygen atoms in total. The number of nitrogens with one attached hydrogen (secondary N) is 1. The van der Waals surface area contributed by atoms with Gasteiger partial charge in [-0.1, -0.05) is 6.42 Å². The molecule has 2 saturated heterocycles. The van der Waals surface area contributed by atoms with Crippen molar-refractivity contribution in [3.63, 3.8) is 0 Å². The number of carboxylic acids is 1. The summed E-state index contributed by atoms with van der Waals surface area (Å²) in [5, 5.41) is 12.2. The van der Waals surface area contributed by atoms with Crippen molar-refractivity contribution < 1.29 is 24.3 Å². The number of carbonyl (C=O) groups is 3. The summed E-state index contributed by atoms with van der Waals surface area (Å²) < 4.78 is 0. The molecule has 2 aliphatic heterocycles. The van der Waals surface area contributed by atoms with E-state index in [4.69, 9.17) is 5.11 Å². The number of aliphatic imine (C=N–C) groups is 1. The molecular weight excluding hydrogens is 376 g/mol. The van der Waals surface area contributed by atoms with Crippen molar-refractivity contribution in [2.24, 2.45) is 22.7 Å². The maximum Gasteiger partial charge on any atom is 0.317 e. The smallest absolute Gasteiger partial charge is 0.317 e. The summed E-state index contributed by atoms with van der Waals surface area (Å²) in [6.45, 7) is 2.57. The van der Waals surface area contributed by atoms with Crippen LogP contribution in [0.25, 0.3) is 0 Å². The van der Waals surface area contributed by atoms with Gasteiger partial charge in [-0.05, 0) is 43.9 Å². The number of hydrogen-bond acceptors (Lipinski definition) is 5. The summed E-state index contributed by atoms with van der Waals surface area (Å²) in [6, 6.07) is -0.0546. The number of amides is 3. The summed E-state index contributed by atoms with van der Waals surface area (Å²) >= 11 is 0. The van der Waals surface area contributed by atoms with E-state index in [1.165, 1.54) is 0 Å². The highest BCUT2D eigenvalue weighted by atomic mass is 16.4. The Hall–Kier alpha value is -2.41. The van der Waals surface area contributed by atoms with Crippen LogP contribution in [0.1, 0.15) is 44.9 Å². The van der Waals surface area contributed by atoms with Crippen molar-refractivity contribution in [2.75, 3.05) is 32.7 Å². The molecule has 3 aliphatic rings. The minimum atomic E-state index is -0.916. The highest BCUT2D eigenvalue weighted by Crippen LogP contribution is 2.29. The number of urea groups is 1. The standard InChI is InChI=1S/C20H30N4O5/c25-13-21-10-14-2-1-3-15(8-14)11-22-20(29)23-6-4-17(5-7-23)24-12-16(19(27)28)9-18(24)26/h14-17H,1-12H2,(H,22,29)(H,27,28). The van der Waals surface area contributed by atoms with Crippen LogP contribution in [0.5, 0.6) is 0 Å². The second-order valence-electron chi connectivity index (χ2n) is 8.52. The van der Waals surface area contributed by atoms with Gasteiger partial charge in [0.2, 0.25) is 12.0 Å². The highest BCUT2D eigenvalue weighted by molar-refractivity contribution is 5.86. The predicted molar refractivity (Wildman–Crippen MR) is 104 cm³/mol. The highest BCUT2D eigenvalue weighted by Gasteiger charge is 2.39. The third-order valence-electron chi connectivity index (χ3n) is 6.55. The van der Waals surface area contributed by atoms with Crippen LogP contribution in [-0.4, -0.2) is 77.7 Å². The van der Waals surface area contributed by atoms with E-state index in [-0.39, 0.29) is 30.9 Å². The molecule has 3 unspecified atom stereocenters. The fourth-order valence-corrected chi connectivity index (χ4v) is 4.89. The molecule has 3 fully saturated rings. The number of hydrogen-bond donors (Lipinski definition) is 2. The Morgan fingerprint density at radius 3 is 2.55 bits per heavy atom. The number of nitrogens with zero attached hydrogens (tertiary/aromatic N) is 3. The first-order valence-corrected chi connectivity index (χ1v) is 10.6. The zero-order valence-electron chi connectivity index (χ0n) is 16.7. The van der Waals surface area contributed by atoms with Gasteiger partial charge in [0.15, 0.2) is 0 Å². The first-order chi connectivity index (χ1) is 14.0. The van der Waals surface area contributed by atoms with Gasteiger partial charge in [-0.15, -0.1) is 0 Å². The minimum Gasteiger partial charge on any atom is -0.481 e. The van der Waals surface area contributed by atoms with Crippen LogP contribution in [0.3, 0.4) is 0 Å². The lowest BCUT2D eigenvalue weighted by Crippen LogP contribution is -2.50. The zero-order chi connectivity index (χ0) is 20.8. The maximum absolute atomic E-state index is 12.5. The van der Waals surface area contributed by atoms with Crippen molar-refractivity contribution in [1.29, 1.82) is 0 Å². The Morgan fingerprint density at radius 2 is 1.90 bits per heavy atom. The molecule has 3 rings (SSSR count). The van der Waals surface area contributed by atoms with Crippen LogP contribution in [0.2, 0.25) is 0 Å². The normalized spacial score (nSPS) is 28.1. The third kappa shape index (κ3) is 5.56. The first kappa shape index (κ1) is 21.3. The molecule has 2 N–H and O–H groups in total. The molecule has 0 spiro atoms. The van der Waals surface area contributed by atoms with E-state index in [1.807, 2.05) is 0 Å². The molecule has 9 heteroatoms. The van der Waals surface area contributed by atoms with Crippen molar-refractivity contribution in [3.05, 3.63) is 0 Å². The molecule has 160 valence electrons. The Bertz CT molecular complexity index is 670. The summed E-state index contributed by atoms with van der Waals surface area (Å²) in [4.78, 5) is 53.2. The number of carboxylic acid groups (broad SMARTS) is 1. The number of piperidine rings is 1. The summed E-state index contributed by atoms with van der Waals surface area (Å²) in [5.74, 6) is -0.810. The van der Waals surface area contributed by atoms with Crippen molar-refractivity contribution in [1.82, 2.24) is 15.1 Å². The van der Waals surface area contributed by atoms with E-state index in [0.29, 0.717) is 50.9 Å². The van der Waals surface area contributed by atoms with Gasteiger partial charge in [-0.3, -0.25) is 9.59 Å². The molecule has 2 heterocycles. The second kappa shape index (κ2) is 9.87. The Kier molecular flexibility index (Phi) is 7.25. The van der Waals surface area contributed by atoms with Crippen molar-refractivity contribution >= 4 is 24.0 Å².